The normalized spacial score (nSPS) is 24.6. The maximum atomic E-state index is 11.7. The number of aromatic nitrogens is 1. The Kier molecular flexibility index (Phi) is 6.64. The van der Waals surface area contributed by atoms with Gasteiger partial charge in [0.2, 0.25) is 10.0 Å². The van der Waals surface area contributed by atoms with Crippen LogP contribution in [0.1, 0.15) is 17.8 Å². The van der Waals surface area contributed by atoms with Crippen LogP contribution in [0.25, 0.3) is 0 Å². The Morgan fingerprint density at radius 2 is 2.08 bits per heavy atom. The van der Waals surface area contributed by atoms with Crippen molar-refractivity contribution in [3.63, 3.8) is 0 Å². The average molecular weight is 415 g/mol. The summed E-state index contributed by atoms with van der Waals surface area (Å²) in [6.45, 7) is 3.25. The number of thiazole rings is 1. The molecule has 12 heteroatoms. The minimum atomic E-state index is -5.08. The molecule has 2 atom stereocenters. The topological polar surface area (TPSA) is 90.8 Å². The number of hydrogen-bond donors (Lipinski definition) is 1. The van der Waals surface area contributed by atoms with E-state index in [1.807, 2.05) is 11.6 Å². The molecule has 1 aromatic rings. The van der Waals surface area contributed by atoms with Gasteiger partial charge in [-0.3, -0.25) is 4.90 Å². The Morgan fingerprint density at radius 3 is 2.58 bits per heavy atom. The quantitative estimate of drug-likeness (QED) is 0.807. The van der Waals surface area contributed by atoms with Crippen LogP contribution < -0.4 is 0 Å². The number of likely N-dealkylation sites (tertiary alicyclic amines) is 1. The van der Waals surface area contributed by atoms with Gasteiger partial charge in [0.15, 0.2) is 0 Å². The highest BCUT2D eigenvalue weighted by Gasteiger charge is 2.42. The molecule has 7 nitrogen and oxygen atoms in total. The van der Waals surface area contributed by atoms with Gasteiger partial charge in [-0.1, -0.05) is 0 Å². The van der Waals surface area contributed by atoms with E-state index in [1.54, 1.807) is 15.6 Å². The van der Waals surface area contributed by atoms with Gasteiger partial charge in [-0.15, -0.1) is 11.3 Å². The first-order valence-corrected chi connectivity index (χ1v) is 10.6. The molecule has 0 spiro atoms. The molecule has 0 bridgehead atoms. The Hall–Kier alpha value is -1.24. The van der Waals surface area contributed by atoms with Crippen LogP contribution in [0, 0.1) is 5.92 Å². The van der Waals surface area contributed by atoms with Gasteiger partial charge in [0.1, 0.15) is 5.01 Å². The molecule has 2 saturated heterocycles. The monoisotopic (exact) mass is 415 g/mol. The largest absolute Gasteiger partial charge is 0.490 e. The number of halogens is 3. The molecule has 2 aliphatic heterocycles. The van der Waals surface area contributed by atoms with Gasteiger partial charge in [0.05, 0.1) is 12.8 Å². The number of carbonyl (C=O) groups is 1. The molecular formula is C14H20F3N3O4S2. The number of carboxylic acid groups (broad SMARTS) is 1. The molecular weight excluding hydrogens is 395 g/mol. The fourth-order valence-electron chi connectivity index (χ4n) is 3.21. The number of piperidine rings is 1. The highest BCUT2D eigenvalue weighted by molar-refractivity contribution is 7.88. The number of carboxylic acids is 1. The van der Waals surface area contributed by atoms with Gasteiger partial charge in [-0.25, -0.2) is 22.5 Å². The van der Waals surface area contributed by atoms with E-state index in [9.17, 15) is 21.6 Å². The summed E-state index contributed by atoms with van der Waals surface area (Å²) < 4.78 is 56.8. The first kappa shape index (κ1) is 21.1. The lowest BCUT2D eigenvalue weighted by Gasteiger charge is -2.36. The molecule has 0 aliphatic carbocycles. The summed E-state index contributed by atoms with van der Waals surface area (Å²) >= 11 is 1.67. The van der Waals surface area contributed by atoms with E-state index in [0.717, 1.165) is 30.9 Å². The van der Waals surface area contributed by atoms with Crippen molar-refractivity contribution in [3.05, 3.63) is 16.6 Å². The lowest BCUT2D eigenvalue weighted by atomic mass is 9.92. The highest BCUT2D eigenvalue weighted by Crippen LogP contribution is 2.32. The van der Waals surface area contributed by atoms with E-state index in [4.69, 9.17) is 9.90 Å². The van der Waals surface area contributed by atoms with E-state index >= 15 is 0 Å². The van der Waals surface area contributed by atoms with Crippen molar-refractivity contribution >= 4 is 27.3 Å². The molecule has 0 unspecified atom stereocenters. The van der Waals surface area contributed by atoms with Gasteiger partial charge in [-0.2, -0.15) is 13.2 Å². The summed E-state index contributed by atoms with van der Waals surface area (Å²) in [6.07, 6.45) is 0.365. The Bertz CT molecular complexity index is 710. The zero-order chi connectivity index (χ0) is 19.5. The Balaban J connectivity index is 0.000000298. The van der Waals surface area contributed by atoms with Crippen molar-refractivity contribution in [2.24, 2.45) is 5.92 Å². The minimum Gasteiger partial charge on any atom is -0.475 e. The van der Waals surface area contributed by atoms with Crippen LogP contribution in [0.4, 0.5) is 13.2 Å². The number of alkyl halides is 3. The lowest BCUT2D eigenvalue weighted by Crippen LogP contribution is -2.44. The number of sulfonamides is 1. The predicted molar refractivity (Wildman–Crippen MR) is 89.1 cm³/mol. The maximum Gasteiger partial charge on any atom is 0.490 e. The molecule has 2 aliphatic rings. The molecule has 3 rings (SSSR count). The van der Waals surface area contributed by atoms with Crippen LogP contribution in [0.3, 0.4) is 0 Å². The third-order valence-electron chi connectivity index (χ3n) is 4.40. The Morgan fingerprint density at radius 1 is 1.42 bits per heavy atom. The average Bonchev–Trinajstić information content (AvgIpc) is 3.15. The standard InChI is InChI=1S/C12H19N3O2S2.C2HF3O2/c1-19(16,17)15-7-10-3-2-5-14(11(10)8-15)9-12-13-4-6-18-12;3-2(4,5)1(6)7/h4,6,10-11H,2-3,5,7-9H2,1H3;(H,6,7)/t10-,11+;/m1./s1. The summed E-state index contributed by atoms with van der Waals surface area (Å²) in [5.41, 5.74) is 0. The predicted octanol–water partition coefficient (Wildman–Crippen LogP) is 1.63. The molecule has 1 aromatic heterocycles. The molecule has 1 N–H and O–H groups in total. The molecule has 3 heterocycles. The number of aliphatic carboxylic acids is 1. The smallest absolute Gasteiger partial charge is 0.475 e. The van der Waals surface area contributed by atoms with Crippen molar-refractivity contribution in [3.8, 4) is 0 Å². The molecule has 0 amide bonds. The maximum absolute atomic E-state index is 11.7. The molecule has 0 aromatic carbocycles. The highest BCUT2D eigenvalue weighted by atomic mass is 32.2. The summed E-state index contributed by atoms with van der Waals surface area (Å²) in [4.78, 5) is 15.6. The SMILES string of the molecule is CS(=O)(=O)N1C[C@H]2CCCN(Cc3nccs3)[C@H]2C1.O=C(O)C(F)(F)F. The van der Waals surface area contributed by atoms with E-state index in [0.29, 0.717) is 25.0 Å². The summed E-state index contributed by atoms with van der Waals surface area (Å²) in [6, 6.07) is 0.368. The van der Waals surface area contributed by atoms with Gasteiger partial charge < -0.3 is 5.11 Å². The van der Waals surface area contributed by atoms with Gasteiger partial charge >= 0.3 is 12.1 Å². The van der Waals surface area contributed by atoms with E-state index in [2.05, 4.69) is 9.88 Å². The van der Waals surface area contributed by atoms with E-state index in [1.165, 1.54) is 6.26 Å². The van der Waals surface area contributed by atoms with Crippen molar-refractivity contribution < 1.29 is 31.5 Å². The molecule has 0 saturated carbocycles. The zero-order valence-electron chi connectivity index (χ0n) is 14.0. The van der Waals surface area contributed by atoms with Crippen molar-refractivity contribution in [1.82, 2.24) is 14.2 Å². The first-order valence-electron chi connectivity index (χ1n) is 7.86. The second kappa shape index (κ2) is 8.19. The third-order valence-corrected chi connectivity index (χ3v) is 6.40. The summed E-state index contributed by atoms with van der Waals surface area (Å²) in [5.74, 6) is -2.27. The van der Waals surface area contributed by atoms with Crippen LogP contribution in [0.5, 0.6) is 0 Å². The molecule has 0 radical (unpaired) electrons. The third kappa shape index (κ3) is 5.63. The number of rotatable bonds is 3. The second-order valence-corrected chi connectivity index (χ2v) is 9.21. The fraction of sp³-hybridized carbons (Fsp3) is 0.714. The lowest BCUT2D eigenvalue weighted by molar-refractivity contribution is -0.192. The first-order chi connectivity index (χ1) is 12.0. The van der Waals surface area contributed by atoms with Crippen molar-refractivity contribution in [2.75, 3.05) is 25.9 Å². The van der Waals surface area contributed by atoms with Crippen molar-refractivity contribution in [2.45, 2.75) is 31.6 Å². The summed E-state index contributed by atoms with van der Waals surface area (Å²) in [5, 5.41) is 10.2. The van der Waals surface area contributed by atoms with Crippen molar-refractivity contribution in [1.29, 1.82) is 0 Å². The van der Waals surface area contributed by atoms with Crippen LogP contribution >= 0.6 is 11.3 Å². The van der Waals surface area contributed by atoms with E-state index in [-0.39, 0.29) is 0 Å². The van der Waals surface area contributed by atoms with Gasteiger partial charge in [0.25, 0.3) is 0 Å². The zero-order valence-corrected chi connectivity index (χ0v) is 15.6. The summed E-state index contributed by atoms with van der Waals surface area (Å²) in [7, 11) is -3.05. The number of nitrogens with zero attached hydrogens (tertiary/aromatic N) is 3. The molecule has 26 heavy (non-hydrogen) atoms. The van der Waals surface area contributed by atoms with E-state index < -0.39 is 22.2 Å². The van der Waals surface area contributed by atoms with Gasteiger partial charge in [0, 0.05) is 30.7 Å². The van der Waals surface area contributed by atoms with Gasteiger partial charge in [-0.05, 0) is 25.3 Å². The molecule has 2 fully saturated rings. The minimum absolute atomic E-state index is 0.368. The Labute approximate surface area is 153 Å². The number of fused-ring (bicyclic) bond motifs is 1. The fourth-order valence-corrected chi connectivity index (χ4v) is 4.73. The van der Waals surface area contributed by atoms with Crippen LogP contribution in [0.2, 0.25) is 0 Å². The number of hydrogen-bond acceptors (Lipinski definition) is 6. The van der Waals surface area contributed by atoms with Crippen LogP contribution in [0.15, 0.2) is 11.6 Å². The van der Waals surface area contributed by atoms with Crippen LogP contribution in [-0.4, -0.2) is 71.8 Å². The second-order valence-electron chi connectivity index (χ2n) is 6.25. The van der Waals surface area contributed by atoms with Crippen LogP contribution in [-0.2, 0) is 21.4 Å². The molecule has 148 valence electrons.